The smallest absolute Gasteiger partial charge is 0.161 e. The topological polar surface area (TPSA) is 33.6 Å². The Morgan fingerprint density at radius 1 is 1.56 bits per heavy atom. The van der Waals surface area contributed by atoms with Crippen molar-refractivity contribution in [3.8, 4) is 5.75 Å². The summed E-state index contributed by atoms with van der Waals surface area (Å²) in [5.74, 6) is 1.26. The molecule has 1 aromatic carbocycles. The third-order valence-corrected chi connectivity index (χ3v) is 3.79. The standard InChI is InChI=1S/C13H17FN2OS/c1-3-10-6-7-18-13(15-10)16-11-5-4-9(14)8-12(11)17-2/h4-5,8,10H,3,6-7H2,1-2H3,(H,15,16). The zero-order chi connectivity index (χ0) is 13.0. The van der Waals surface area contributed by atoms with Crippen LogP contribution in [-0.2, 0) is 0 Å². The Bertz CT molecular complexity index is 451. The van der Waals surface area contributed by atoms with Gasteiger partial charge in [0.1, 0.15) is 11.6 Å². The lowest BCUT2D eigenvalue weighted by Gasteiger charge is -2.20. The molecule has 0 radical (unpaired) electrons. The number of benzene rings is 1. The number of halogens is 1. The molecule has 0 saturated heterocycles. The molecule has 0 fully saturated rings. The number of methoxy groups -OCH3 is 1. The molecule has 18 heavy (non-hydrogen) atoms. The van der Waals surface area contributed by atoms with Gasteiger partial charge in [0.05, 0.1) is 18.8 Å². The molecule has 98 valence electrons. The normalized spacial score (nSPS) is 19.3. The molecular weight excluding hydrogens is 251 g/mol. The minimum atomic E-state index is -0.304. The van der Waals surface area contributed by atoms with Crippen LogP contribution in [0.15, 0.2) is 23.2 Å². The summed E-state index contributed by atoms with van der Waals surface area (Å²) in [6.07, 6.45) is 2.17. The minimum absolute atomic E-state index is 0.304. The Morgan fingerprint density at radius 2 is 2.39 bits per heavy atom. The second-order valence-corrected chi connectivity index (χ2v) is 5.19. The Balaban J connectivity index is 2.16. The quantitative estimate of drug-likeness (QED) is 0.910. The van der Waals surface area contributed by atoms with Gasteiger partial charge >= 0.3 is 0 Å². The van der Waals surface area contributed by atoms with Gasteiger partial charge in [-0.15, -0.1) is 0 Å². The zero-order valence-corrected chi connectivity index (χ0v) is 11.4. The number of hydrogen-bond donors (Lipinski definition) is 1. The monoisotopic (exact) mass is 268 g/mol. The van der Waals surface area contributed by atoms with Crippen molar-refractivity contribution in [1.82, 2.24) is 0 Å². The van der Waals surface area contributed by atoms with E-state index in [2.05, 4.69) is 17.2 Å². The van der Waals surface area contributed by atoms with Crippen molar-refractivity contribution in [2.75, 3.05) is 18.2 Å². The zero-order valence-electron chi connectivity index (χ0n) is 10.6. The number of aliphatic imine (C=N–C) groups is 1. The van der Waals surface area contributed by atoms with Crippen LogP contribution in [0.4, 0.5) is 10.1 Å². The van der Waals surface area contributed by atoms with Crippen molar-refractivity contribution in [3.05, 3.63) is 24.0 Å². The third kappa shape index (κ3) is 3.16. The fourth-order valence-electron chi connectivity index (χ4n) is 1.81. The molecule has 1 aromatic rings. The van der Waals surface area contributed by atoms with Crippen LogP contribution in [0.2, 0.25) is 0 Å². The van der Waals surface area contributed by atoms with Gasteiger partial charge in [-0.05, 0) is 25.0 Å². The highest BCUT2D eigenvalue weighted by atomic mass is 32.2. The maximum Gasteiger partial charge on any atom is 0.161 e. The number of nitrogens with zero attached hydrogens (tertiary/aromatic N) is 1. The van der Waals surface area contributed by atoms with Crippen LogP contribution in [0.1, 0.15) is 19.8 Å². The van der Waals surface area contributed by atoms with E-state index in [1.165, 1.54) is 19.2 Å². The van der Waals surface area contributed by atoms with Crippen molar-refractivity contribution in [2.24, 2.45) is 4.99 Å². The predicted octanol–water partition coefficient (Wildman–Crippen LogP) is 3.52. The SMILES string of the molecule is CCC1CCSC(Nc2ccc(F)cc2OC)=N1. The van der Waals surface area contributed by atoms with Crippen LogP contribution in [0.3, 0.4) is 0 Å². The Hall–Kier alpha value is -1.23. The van der Waals surface area contributed by atoms with Crippen molar-refractivity contribution < 1.29 is 9.13 Å². The molecule has 1 aliphatic rings. The van der Waals surface area contributed by atoms with E-state index in [1.807, 2.05) is 0 Å². The van der Waals surface area contributed by atoms with E-state index in [0.717, 1.165) is 29.4 Å². The van der Waals surface area contributed by atoms with Gasteiger partial charge in [0.15, 0.2) is 5.17 Å². The summed E-state index contributed by atoms with van der Waals surface area (Å²) in [6, 6.07) is 4.84. The average Bonchev–Trinajstić information content (AvgIpc) is 2.41. The van der Waals surface area contributed by atoms with Gasteiger partial charge in [-0.25, -0.2) is 4.39 Å². The predicted molar refractivity (Wildman–Crippen MR) is 75.2 cm³/mol. The van der Waals surface area contributed by atoms with Crippen molar-refractivity contribution >= 4 is 22.6 Å². The number of ether oxygens (including phenoxy) is 1. The van der Waals surface area contributed by atoms with Crippen LogP contribution < -0.4 is 10.1 Å². The Morgan fingerprint density at radius 3 is 3.11 bits per heavy atom. The summed E-state index contributed by atoms with van der Waals surface area (Å²) in [6.45, 7) is 2.14. The first-order valence-corrected chi connectivity index (χ1v) is 7.02. The number of hydrogen-bond acceptors (Lipinski definition) is 4. The van der Waals surface area contributed by atoms with Gasteiger partial charge in [0, 0.05) is 11.8 Å². The fourth-order valence-corrected chi connectivity index (χ4v) is 2.80. The van der Waals surface area contributed by atoms with Gasteiger partial charge in [0.2, 0.25) is 0 Å². The van der Waals surface area contributed by atoms with Crippen LogP contribution in [-0.4, -0.2) is 24.1 Å². The van der Waals surface area contributed by atoms with Gasteiger partial charge in [0.25, 0.3) is 0 Å². The molecule has 1 N–H and O–H groups in total. The number of rotatable bonds is 3. The van der Waals surface area contributed by atoms with E-state index in [1.54, 1.807) is 17.8 Å². The van der Waals surface area contributed by atoms with E-state index >= 15 is 0 Å². The lowest BCUT2D eigenvalue weighted by molar-refractivity contribution is 0.413. The molecule has 1 unspecified atom stereocenters. The van der Waals surface area contributed by atoms with E-state index in [-0.39, 0.29) is 5.82 Å². The maximum absolute atomic E-state index is 13.1. The van der Waals surface area contributed by atoms with Crippen LogP contribution in [0, 0.1) is 5.82 Å². The lowest BCUT2D eigenvalue weighted by Crippen LogP contribution is -2.19. The molecule has 3 nitrogen and oxygen atoms in total. The first kappa shape index (κ1) is 13.2. The molecule has 0 spiro atoms. The summed E-state index contributed by atoms with van der Waals surface area (Å²) in [7, 11) is 1.53. The van der Waals surface area contributed by atoms with E-state index < -0.39 is 0 Å². The number of thioether (sulfide) groups is 1. The molecule has 0 aliphatic carbocycles. The molecule has 1 atom stereocenters. The van der Waals surface area contributed by atoms with E-state index in [4.69, 9.17) is 4.74 Å². The second-order valence-electron chi connectivity index (χ2n) is 4.10. The summed E-state index contributed by atoms with van der Waals surface area (Å²) in [4.78, 5) is 4.61. The number of nitrogens with one attached hydrogen (secondary N) is 1. The van der Waals surface area contributed by atoms with Crippen molar-refractivity contribution in [2.45, 2.75) is 25.8 Å². The molecule has 1 heterocycles. The summed E-state index contributed by atoms with van der Waals surface area (Å²) >= 11 is 1.69. The molecular formula is C13H17FN2OS. The third-order valence-electron chi connectivity index (χ3n) is 2.87. The molecule has 0 amide bonds. The maximum atomic E-state index is 13.1. The largest absolute Gasteiger partial charge is 0.494 e. The van der Waals surface area contributed by atoms with E-state index in [9.17, 15) is 4.39 Å². The Labute approximate surface area is 111 Å². The first-order chi connectivity index (χ1) is 8.72. The lowest BCUT2D eigenvalue weighted by atomic mass is 10.2. The Kier molecular flexibility index (Phi) is 4.47. The second kappa shape index (κ2) is 6.09. The summed E-state index contributed by atoms with van der Waals surface area (Å²) in [5, 5.41) is 4.10. The van der Waals surface area contributed by atoms with Gasteiger partial charge in [-0.3, -0.25) is 4.99 Å². The highest BCUT2D eigenvalue weighted by molar-refractivity contribution is 8.14. The average molecular weight is 268 g/mol. The first-order valence-electron chi connectivity index (χ1n) is 6.04. The summed E-state index contributed by atoms with van der Waals surface area (Å²) < 4.78 is 18.2. The molecule has 1 aliphatic heterocycles. The van der Waals surface area contributed by atoms with Gasteiger partial charge in [-0.1, -0.05) is 18.7 Å². The molecule has 0 bridgehead atoms. The molecule has 0 aromatic heterocycles. The van der Waals surface area contributed by atoms with E-state index in [0.29, 0.717) is 11.8 Å². The number of amidine groups is 1. The highest BCUT2D eigenvalue weighted by Gasteiger charge is 2.15. The van der Waals surface area contributed by atoms with Crippen molar-refractivity contribution in [1.29, 1.82) is 0 Å². The molecule has 5 heteroatoms. The molecule has 0 saturated carbocycles. The van der Waals surface area contributed by atoms with Crippen LogP contribution in [0.25, 0.3) is 0 Å². The minimum Gasteiger partial charge on any atom is -0.494 e. The number of anilines is 1. The molecule has 2 rings (SSSR count). The van der Waals surface area contributed by atoms with Crippen LogP contribution in [0.5, 0.6) is 5.75 Å². The fraction of sp³-hybridized carbons (Fsp3) is 0.462. The highest BCUT2D eigenvalue weighted by Crippen LogP contribution is 2.28. The summed E-state index contributed by atoms with van der Waals surface area (Å²) in [5.41, 5.74) is 0.752. The van der Waals surface area contributed by atoms with Crippen molar-refractivity contribution in [3.63, 3.8) is 0 Å². The van der Waals surface area contributed by atoms with Crippen LogP contribution >= 0.6 is 11.8 Å². The van der Waals surface area contributed by atoms with Gasteiger partial charge in [-0.2, -0.15) is 0 Å². The van der Waals surface area contributed by atoms with Gasteiger partial charge < -0.3 is 10.1 Å².